The summed E-state index contributed by atoms with van der Waals surface area (Å²) in [7, 11) is 0. The Hall–Kier alpha value is -0.830. The van der Waals surface area contributed by atoms with Gasteiger partial charge in [-0.3, -0.25) is 0 Å². The van der Waals surface area contributed by atoms with Crippen molar-refractivity contribution < 1.29 is 9.53 Å². The number of benzene rings is 2. The van der Waals surface area contributed by atoms with Crippen molar-refractivity contribution in [1.29, 1.82) is 0 Å². The van der Waals surface area contributed by atoms with Crippen molar-refractivity contribution in [2.24, 2.45) is 0 Å². The van der Waals surface area contributed by atoms with Gasteiger partial charge in [0.1, 0.15) is 0 Å². The zero-order valence-electron chi connectivity index (χ0n) is 11.0. The van der Waals surface area contributed by atoms with Crippen LogP contribution in [-0.4, -0.2) is 42.1 Å². The van der Waals surface area contributed by atoms with E-state index in [-0.39, 0.29) is 35.5 Å². The molecular weight excluding hydrogens is 235 g/mol. The number of unbranched alkanes of at least 4 members (excludes halogenated alkanes) is 1. The van der Waals surface area contributed by atoms with E-state index < -0.39 is 0 Å². The molecule has 0 atom stereocenters. The van der Waals surface area contributed by atoms with Crippen LogP contribution < -0.4 is 0 Å². The standard InChI is InChI=1S/C15H16O2.Na/c1-2-3-11-17-15(16)14-10-6-8-12-7-4-5-9-13(12)14;/h4-10H,2-3,11H2,1H3;. The van der Waals surface area contributed by atoms with E-state index in [2.05, 4.69) is 6.92 Å². The molecule has 2 aromatic rings. The zero-order valence-corrected chi connectivity index (χ0v) is 13.0. The number of ether oxygens (including phenoxy) is 1. The molecule has 0 aliphatic heterocycles. The fraction of sp³-hybridized carbons (Fsp3) is 0.267. The Balaban J connectivity index is 0.00000162. The molecule has 0 amide bonds. The minimum Gasteiger partial charge on any atom is -0.462 e. The van der Waals surface area contributed by atoms with E-state index in [9.17, 15) is 4.79 Å². The van der Waals surface area contributed by atoms with E-state index in [1.807, 2.05) is 42.5 Å². The zero-order chi connectivity index (χ0) is 12.1. The molecule has 0 bridgehead atoms. The largest absolute Gasteiger partial charge is 0.462 e. The minimum absolute atomic E-state index is 0. The van der Waals surface area contributed by atoms with Gasteiger partial charge >= 0.3 is 5.97 Å². The average Bonchev–Trinajstić information content (AvgIpc) is 2.38. The van der Waals surface area contributed by atoms with Crippen LogP contribution in [0, 0.1) is 0 Å². The third-order valence-electron chi connectivity index (χ3n) is 2.74. The maximum absolute atomic E-state index is 11.9. The van der Waals surface area contributed by atoms with Gasteiger partial charge in [-0.2, -0.15) is 0 Å². The number of fused-ring (bicyclic) bond motifs is 1. The predicted molar refractivity (Wildman–Crippen MR) is 74.9 cm³/mol. The van der Waals surface area contributed by atoms with E-state index in [0.29, 0.717) is 12.2 Å². The van der Waals surface area contributed by atoms with Crippen molar-refractivity contribution in [3.63, 3.8) is 0 Å². The van der Waals surface area contributed by atoms with E-state index in [0.717, 1.165) is 23.6 Å². The molecule has 2 nitrogen and oxygen atoms in total. The first kappa shape index (κ1) is 15.2. The Morgan fingerprint density at radius 1 is 1.11 bits per heavy atom. The van der Waals surface area contributed by atoms with E-state index in [4.69, 9.17) is 4.74 Å². The molecule has 0 aromatic heterocycles. The van der Waals surface area contributed by atoms with Gasteiger partial charge in [0.2, 0.25) is 0 Å². The van der Waals surface area contributed by atoms with Crippen molar-refractivity contribution in [2.75, 3.05) is 6.61 Å². The van der Waals surface area contributed by atoms with Gasteiger partial charge in [-0.1, -0.05) is 49.7 Å². The second kappa shape index (κ2) is 7.57. The van der Waals surface area contributed by atoms with Crippen LogP contribution in [0.15, 0.2) is 42.5 Å². The van der Waals surface area contributed by atoms with Crippen LogP contribution in [0.3, 0.4) is 0 Å². The van der Waals surface area contributed by atoms with Crippen LogP contribution in [0.5, 0.6) is 0 Å². The van der Waals surface area contributed by atoms with Crippen LogP contribution in [0.25, 0.3) is 10.8 Å². The number of esters is 1. The summed E-state index contributed by atoms with van der Waals surface area (Å²) in [5, 5.41) is 2.02. The first-order chi connectivity index (χ1) is 8.33. The topological polar surface area (TPSA) is 26.3 Å². The normalized spacial score (nSPS) is 9.83. The quantitative estimate of drug-likeness (QED) is 0.473. The Labute approximate surface area is 130 Å². The Morgan fingerprint density at radius 3 is 2.61 bits per heavy atom. The molecule has 0 saturated heterocycles. The summed E-state index contributed by atoms with van der Waals surface area (Å²) in [5.41, 5.74) is 0.652. The molecular formula is C15H16NaO2. The smallest absolute Gasteiger partial charge is 0.338 e. The molecule has 0 aliphatic rings. The number of carbonyl (C=O) groups excluding carboxylic acids is 1. The molecule has 0 fully saturated rings. The summed E-state index contributed by atoms with van der Waals surface area (Å²) >= 11 is 0. The third-order valence-corrected chi connectivity index (χ3v) is 2.74. The van der Waals surface area contributed by atoms with E-state index in [1.54, 1.807) is 0 Å². The molecule has 0 aliphatic carbocycles. The Kier molecular flexibility index (Phi) is 6.41. The number of rotatable bonds is 4. The summed E-state index contributed by atoms with van der Waals surface area (Å²) in [6, 6.07) is 13.6. The molecule has 0 spiro atoms. The summed E-state index contributed by atoms with van der Waals surface area (Å²) in [5.74, 6) is -0.227. The van der Waals surface area contributed by atoms with Crippen LogP contribution in [0.4, 0.5) is 0 Å². The van der Waals surface area contributed by atoms with Gasteiger partial charge in [-0.05, 0) is 23.3 Å². The van der Waals surface area contributed by atoms with Crippen LogP contribution in [-0.2, 0) is 4.74 Å². The third kappa shape index (κ3) is 3.58. The summed E-state index contributed by atoms with van der Waals surface area (Å²) in [6.45, 7) is 2.57. The van der Waals surface area contributed by atoms with Gasteiger partial charge in [0, 0.05) is 29.6 Å². The molecule has 0 unspecified atom stereocenters. The molecule has 0 N–H and O–H groups in total. The molecule has 0 heterocycles. The van der Waals surface area contributed by atoms with Gasteiger partial charge in [-0.15, -0.1) is 0 Å². The van der Waals surface area contributed by atoms with Crippen molar-refractivity contribution in [3.8, 4) is 0 Å². The van der Waals surface area contributed by atoms with Crippen molar-refractivity contribution in [1.82, 2.24) is 0 Å². The fourth-order valence-electron chi connectivity index (χ4n) is 1.79. The molecule has 18 heavy (non-hydrogen) atoms. The van der Waals surface area contributed by atoms with Gasteiger partial charge in [0.25, 0.3) is 0 Å². The van der Waals surface area contributed by atoms with E-state index >= 15 is 0 Å². The summed E-state index contributed by atoms with van der Waals surface area (Å²) in [6.07, 6.45) is 1.94. The first-order valence-corrected chi connectivity index (χ1v) is 5.98. The van der Waals surface area contributed by atoms with Crippen molar-refractivity contribution in [2.45, 2.75) is 19.8 Å². The second-order valence-electron chi connectivity index (χ2n) is 4.02. The maximum atomic E-state index is 11.9. The van der Waals surface area contributed by atoms with Crippen LogP contribution >= 0.6 is 0 Å². The molecule has 0 saturated carbocycles. The number of hydrogen-bond donors (Lipinski definition) is 0. The van der Waals surface area contributed by atoms with Crippen LogP contribution in [0.2, 0.25) is 0 Å². The van der Waals surface area contributed by atoms with Gasteiger partial charge in [0.05, 0.1) is 12.2 Å². The summed E-state index contributed by atoms with van der Waals surface area (Å²) < 4.78 is 5.24. The first-order valence-electron chi connectivity index (χ1n) is 5.98. The molecule has 2 aromatic carbocycles. The number of carbonyl (C=O) groups is 1. The molecule has 1 radical (unpaired) electrons. The maximum Gasteiger partial charge on any atom is 0.338 e. The van der Waals surface area contributed by atoms with Crippen LogP contribution in [0.1, 0.15) is 30.1 Å². The monoisotopic (exact) mass is 251 g/mol. The van der Waals surface area contributed by atoms with Crippen molar-refractivity contribution >= 4 is 46.3 Å². The predicted octanol–water partition coefficient (Wildman–Crippen LogP) is 3.42. The molecule has 2 rings (SSSR count). The van der Waals surface area contributed by atoms with Crippen molar-refractivity contribution in [3.05, 3.63) is 48.0 Å². The second-order valence-corrected chi connectivity index (χ2v) is 4.02. The molecule has 3 heteroatoms. The SMILES string of the molecule is CCCCOC(=O)c1cccc2ccccc12.[Na]. The van der Waals surface area contributed by atoms with E-state index in [1.165, 1.54) is 0 Å². The fourth-order valence-corrected chi connectivity index (χ4v) is 1.79. The minimum atomic E-state index is -0.227. The Bertz CT molecular complexity index is 517. The summed E-state index contributed by atoms with van der Waals surface area (Å²) in [4.78, 5) is 11.9. The molecule has 89 valence electrons. The average molecular weight is 251 g/mol. The Morgan fingerprint density at radius 2 is 1.83 bits per heavy atom. The van der Waals surface area contributed by atoms with Gasteiger partial charge in [0.15, 0.2) is 0 Å². The van der Waals surface area contributed by atoms with Gasteiger partial charge < -0.3 is 4.74 Å². The number of hydrogen-bond acceptors (Lipinski definition) is 2. The van der Waals surface area contributed by atoms with Gasteiger partial charge in [-0.25, -0.2) is 4.79 Å².